The van der Waals surface area contributed by atoms with Crippen molar-refractivity contribution in [3.8, 4) is 0 Å². The fourth-order valence-electron chi connectivity index (χ4n) is 2.87. The maximum absolute atomic E-state index is 12.9. The van der Waals surface area contributed by atoms with E-state index in [0.717, 1.165) is 6.07 Å². The second-order valence-corrected chi connectivity index (χ2v) is 6.31. The first-order valence-electron chi connectivity index (χ1n) is 7.37. The van der Waals surface area contributed by atoms with Crippen LogP contribution in [0.5, 0.6) is 0 Å². The van der Waals surface area contributed by atoms with Gasteiger partial charge in [-0.3, -0.25) is 0 Å². The number of H-pyrrole nitrogens is 1. The number of ether oxygens (including phenoxy) is 1. The Balaban J connectivity index is 2.12. The molecule has 0 saturated carbocycles. The fourth-order valence-corrected chi connectivity index (χ4v) is 3.15. The zero-order valence-electron chi connectivity index (χ0n) is 12.9. The van der Waals surface area contributed by atoms with Crippen LogP contribution < -0.4 is 0 Å². The Morgan fingerprint density at radius 1 is 1.28 bits per heavy atom. The molecule has 4 atom stereocenters. The molecular formula is C15H15F3N2O4S. The fraction of sp³-hybridized carbons (Fsp3) is 0.467. The summed E-state index contributed by atoms with van der Waals surface area (Å²) in [5.74, 6) is 0. The van der Waals surface area contributed by atoms with Crippen LogP contribution in [-0.2, 0) is 10.9 Å². The van der Waals surface area contributed by atoms with Crippen molar-refractivity contribution in [3.63, 3.8) is 0 Å². The molecule has 25 heavy (non-hydrogen) atoms. The zero-order valence-corrected chi connectivity index (χ0v) is 13.7. The lowest BCUT2D eigenvalue weighted by Gasteiger charge is -2.17. The van der Waals surface area contributed by atoms with Crippen molar-refractivity contribution in [2.24, 2.45) is 0 Å². The second kappa shape index (κ2) is 6.29. The average molecular weight is 376 g/mol. The molecule has 10 heteroatoms. The smallest absolute Gasteiger partial charge is 0.394 e. The maximum Gasteiger partial charge on any atom is 0.433 e. The van der Waals surface area contributed by atoms with Crippen molar-refractivity contribution in [1.82, 2.24) is 9.97 Å². The lowest BCUT2D eigenvalue weighted by molar-refractivity contribution is -0.141. The van der Waals surface area contributed by atoms with Crippen molar-refractivity contribution >= 4 is 23.3 Å². The molecule has 0 radical (unpaired) electrons. The van der Waals surface area contributed by atoms with Crippen molar-refractivity contribution < 1.29 is 33.2 Å². The number of aliphatic hydroxyl groups excluding tert-OH is 3. The van der Waals surface area contributed by atoms with E-state index in [1.54, 1.807) is 0 Å². The Labute approximate surface area is 144 Å². The Bertz CT molecular complexity index is 870. The van der Waals surface area contributed by atoms with E-state index in [9.17, 15) is 23.4 Å². The first-order valence-corrected chi connectivity index (χ1v) is 7.78. The number of fused-ring (bicyclic) bond motifs is 1. The molecule has 136 valence electrons. The van der Waals surface area contributed by atoms with Gasteiger partial charge in [-0.25, -0.2) is 4.98 Å². The van der Waals surface area contributed by atoms with Crippen molar-refractivity contribution in [3.05, 3.63) is 33.6 Å². The van der Waals surface area contributed by atoms with Crippen molar-refractivity contribution in [2.45, 2.75) is 37.5 Å². The number of hydrogen-bond donors (Lipinski definition) is 4. The molecular weight excluding hydrogens is 361 g/mol. The van der Waals surface area contributed by atoms with Crippen LogP contribution in [0.1, 0.15) is 22.9 Å². The van der Waals surface area contributed by atoms with E-state index in [0.29, 0.717) is 16.5 Å². The SMILES string of the molecule is Cc1cc(C(F)(F)F)nc2[nH]c(=S)c(C3OC(CO)C(O)C3O)cc12. The number of nitrogens with one attached hydrogen (secondary N) is 1. The van der Waals surface area contributed by atoms with Gasteiger partial charge < -0.3 is 25.0 Å². The highest BCUT2D eigenvalue weighted by atomic mass is 32.1. The summed E-state index contributed by atoms with van der Waals surface area (Å²) in [4.78, 5) is 6.19. The van der Waals surface area contributed by atoms with Gasteiger partial charge in [0, 0.05) is 10.9 Å². The van der Waals surface area contributed by atoms with E-state index in [4.69, 9.17) is 22.1 Å². The average Bonchev–Trinajstić information content (AvgIpc) is 2.81. The minimum Gasteiger partial charge on any atom is -0.394 e. The lowest BCUT2D eigenvalue weighted by atomic mass is 10.0. The summed E-state index contributed by atoms with van der Waals surface area (Å²) in [6.45, 7) is 1.01. The van der Waals surface area contributed by atoms with Gasteiger partial charge in [-0.05, 0) is 24.6 Å². The van der Waals surface area contributed by atoms with E-state index < -0.39 is 42.9 Å². The largest absolute Gasteiger partial charge is 0.433 e. The molecule has 1 aliphatic rings. The molecule has 2 aromatic rings. The number of aryl methyl sites for hydroxylation is 1. The van der Waals surface area contributed by atoms with Gasteiger partial charge in [0.1, 0.15) is 40.4 Å². The van der Waals surface area contributed by atoms with Crippen LogP contribution >= 0.6 is 12.2 Å². The molecule has 2 aromatic heterocycles. The maximum atomic E-state index is 12.9. The molecule has 0 bridgehead atoms. The van der Waals surface area contributed by atoms with Crippen LogP contribution in [0.15, 0.2) is 12.1 Å². The number of nitrogens with zero attached hydrogens (tertiary/aromatic N) is 1. The predicted molar refractivity (Wildman–Crippen MR) is 83.4 cm³/mol. The molecule has 3 rings (SSSR count). The Morgan fingerprint density at radius 3 is 2.52 bits per heavy atom. The van der Waals surface area contributed by atoms with Crippen LogP contribution in [0.2, 0.25) is 0 Å². The van der Waals surface area contributed by atoms with Crippen LogP contribution in [0, 0.1) is 11.6 Å². The molecule has 0 aliphatic carbocycles. The molecule has 1 aliphatic heterocycles. The van der Waals surface area contributed by atoms with Crippen LogP contribution in [-0.4, -0.2) is 50.2 Å². The van der Waals surface area contributed by atoms with Crippen LogP contribution in [0.25, 0.3) is 11.0 Å². The summed E-state index contributed by atoms with van der Waals surface area (Å²) in [5, 5.41) is 29.5. The summed E-state index contributed by atoms with van der Waals surface area (Å²) >= 11 is 5.15. The Morgan fingerprint density at radius 2 is 1.96 bits per heavy atom. The molecule has 6 nitrogen and oxygen atoms in total. The normalized spacial score (nSPS) is 27.2. The summed E-state index contributed by atoms with van der Waals surface area (Å²) < 4.78 is 44.1. The lowest BCUT2D eigenvalue weighted by Crippen LogP contribution is -2.32. The summed E-state index contributed by atoms with van der Waals surface area (Å²) in [7, 11) is 0. The van der Waals surface area contributed by atoms with E-state index >= 15 is 0 Å². The van der Waals surface area contributed by atoms with Crippen LogP contribution in [0.3, 0.4) is 0 Å². The monoisotopic (exact) mass is 376 g/mol. The highest BCUT2D eigenvalue weighted by molar-refractivity contribution is 7.71. The Kier molecular flexibility index (Phi) is 4.58. The molecule has 0 aromatic carbocycles. The highest BCUT2D eigenvalue weighted by Gasteiger charge is 2.43. The van der Waals surface area contributed by atoms with Gasteiger partial charge in [0.25, 0.3) is 0 Å². The highest BCUT2D eigenvalue weighted by Crippen LogP contribution is 2.36. The topological polar surface area (TPSA) is 98.6 Å². The van der Waals surface area contributed by atoms with Crippen molar-refractivity contribution in [2.75, 3.05) is 6.61 Å². The minimum absolute atomic E-state index is 0.0344. The number of aromatic nitrogens is 2. The first-order chi connectivity index (χ1) is 11.6. The summed E-state index contributed by atoms with van der Waals surface area (Å²) in [6, 6.07) is 2.40. The standard InChI is InChI=1S/C15H15F3N2O4S/c1-5-2-9(15(16,17)18)19-13-6(5)3-7(14(25)20-13)12-11(23)10(22)8(4-21)24-12/h2-3,8,10-12,21-23H,4H2,1H3,(H,19,20,25). The van der Waals surface area contributed by atoms with Gasteiger partial charge in [0.15, 0.2) is 0 Å². The number of halogens is 3. The zero-order chi connectivity index (χ0) is 18.5. The van der Waals surface area contributed by atoms with Gasteiger partial charge in [0.2, 0.25) is 0 Å². The van der Waals surface area contributed by atoms with E-state index in [1.165, 1.54) is 13.0 Å². The number of rotatable bonds is 2. The molecule has 4 N–H and O–H groups in total. The number of aromatic amines is 1. The molecule has 1 fully saturated rings. The molecule has 0 amide bonds. The number of alkyl halides is 3. The summed E-state index contributed by atoms with van der Waals surface area (Å²) in [6.07, 6.45) is -9.20. The third-order valence-corrected chi connectivity index (χ3v) is 4.54. The number of aliphatic hydroxyl groups is 3. The van der Waals surface area contributed by atoms with Gasteiger partial charge in [-0.15, -0.1) is 0 Å². The molecule has 4 unspecified atom stereocenters. The van der Waals surface area contributed by atoms with E-state index in [2.05, 4.69) is 9.97 Å². The third-order valence-electron chi connectivity index (χ3n) is 4.20. The molecule has 1 saturated heterocycles. The first kappa shape index (κ1) is 18.2. The van der Waals surface area contributed by atoms with Gasteiger partial charge >= 0.3 is 6.18 Å². The molecule has 3 heterocycles. The van der Waals surface area contributed by atoms with Gasteiger partial charge in [0.05, 0.1) is 6.61 Å². The summed E-state index contributed by atoms with van der Waals surface area (Å²) in [5.41, 5.74) is -0.456. The van der Waals surface area contributed by atoms with Crippen molar-refractivity contribution in [1.29, 1.82) is 0 Å². The number of hydrogen-bond acceptors (Lipinski definition) is 6. The Hall–Kier alpha value is -1.59. The third kappa shape index (κ3) is 3.15. The number of pyridine rings is 2. The molecule has 0 spiro atoms. The van der Waals surface area contributed by atoms with E-state index in [1.807, 2.05) is 0 Å². The predicted octanol–water partition coefficient (Wildman–Crippen LogP) is 1.77. The second-order valence-electron chi connectivity index (χ2n) is 5.90. The van der Waals surface area contributed by atoms with Gasteiger partial charge in [-0.2, -0.15) is 13.2 Å². The minimum atomic E-state index is -4.59. The quantitative estimate of drug-likeness (QED) is 0.597. The van der Waals surface area contributed by atoms with Gasteiger partial charge in [-0.1, -0.05) is 12.2 Å². The van der Waals surface area contributed by atoms with Crippen LogP contribution in [0.4, 0.5) is 13.2 Å². The van der Waals surface area contributed by atoms with E-state index in [-0.39, 0.29) is 10.3 Å².